The van der Waals surface area contributed by atoms with Gasteiger partial charge in [0.25, 0.3) is 0 Å². The first-order valence-electron chi connectivity index (χ1n) is 6.82. The van der Waals surface area contributed by atoms with Crippen LogP contribution in [0.15, 0.2) is 18.2 Å². The Bertz CT molecular complexity index is 465. The molecule has 0 aromatic heterocycles. The molecule has 3 N–H and O–H groups in total. The lowest BCUT2D eigenvalue weighted by molar-refractivity contribution is -0.117. The summed E-state index contributed by atoms with van der Waals surface area (Å²) in [5.74, 6) is 1.99. The molecule has 20 heavy (non-hydrogen) atoms. The molecule has 0 spiro atoms. The fourth-order valence-corrected chi connectivity index (χ4v) is 2.80. The zero-order valence-corrected chi connectivity index (χ0v) is 12.8. The molecular formula is C15H23ClN2O2. The third-order valence-electron chi connectivity index (χ3n) is 3.79. The summed E-state index contributed by atoms with van der Waals surface area (Å²) in [5.41, 5.74) is 7.08. The lowest BCUT2D eigenvalue weighted by Gasteiger charge is -2.11. The molecule has 0 radical (unpaired) electrons. The average Bonchev–Trinajstić information content (AvgIpc) is 2.74. The van der Waals surface area contributed by atoms with Gasteiger partial charge in [-0.15, -0.1) is 12.4 Å². The zero-order valence-electron chi connectivity index (χ0n) is 12.0. The van der Waals surface area contributed by atoms with Gasteiger partial charge in [0.05, 0.1) is 12.8 Å². The minimum absolute atomic E-state index is 0. The lowest BCUT2D eigenvalue weighted by atomic mass is 10.0. The SMILES string of the molecule is COc1ccc(NC(=O)CC2CCC(C)C2)cc1N.Cl. The molecule has 0 aliphatic heterocycles. The predicted molar refractivity (Wildman–Crippen MR) is 84.4 cm³/mol. The molecule has 112 valence electrons. The molecule has 1 aromatic carbocycles. The summed E-state index contributed by atoms with van der Waals surface area (Å²) in [7, 11) is 1.57. The Hall–Kier alpha value is -1.42. The molecule has 1 aliphatic carbocycles. The van der Waals surface area contributed by atoms with E-state index in [1.54, 1.807) is 19.2 Å². The molecule has 0 heterocycles. The van der Waals surface area contributed by atoms with Gasteiger partial charge in [0.15, 0.2) is 0 Å². The number of hydrogen-bond donors (Lipinski definition) is 2. The van der Waals surface area contributed by atoms with Crippen LogP contribution in [0.1, 0.15) is 32.6 Å². The normalized spacial score (nSPS) is 21.1. The van der Waals surface area contributed by atoms with Crippen molar-refractivity contribution in [2.24, 2.45) is 11.8 Å². The van der Waals surface area contributed by atoms with E-state index in [1.165, 1.54) is 12.8 Å². The summed E-state index contributed by atoms with van der Waals surface area (Å²) in [6.45, 7) is 2.25. The summed E-state index contributed by atoms with van der Waals surface area (Å²) < 4.78 is 5.09. The van der Waals surface area contributed by atoms with E-state index in [1.807, 2.05) is 6.07 Å². The number of benzene rings is 1. The standard InChI is InChI=1S/C15H22N2O2.ClH/c1-10-3-4-11(7-10)8-15(18)17-12-5-6-14(19-2)13(16)9-12;/h5-6,9-11H,3-4,7-8,16H2,1-2H3,(H,17,18);1H. The number of methoxy groups -OCH3 is 1. The van der Waals surface area contributed by atoms with Gasteiger partial charge in [-0.1, -0.05) is 13.3 Å². The van der Waals surface area contributed by atoms with Crippen LogP contribution in [-0.2, 0) is 4.79 Å². The average molecular weight is 299 g/mol. The quantitative estimate of drug-likeness (QED) is 0.837. The van der Waals surface area contributed by atoms with E-state index < -0.39 is 0 Å². The Labute approximate surface area is 126 Å². The highest BCUT2D eigenvalue weighted by atomic mass is 35.5. The van der Waals surface area contributed by atoms with Crippen molar-refractivity contribution in [1.82, 2.24) is 0 Å². The number of nitrogens with two attached hydrogens (primary N) is 1. The van der Waals surface area contributed by atoms with Gasteiger partial charge in [0.2, 0.25) is 5.91 Å². The first kappa shape index (κ1) is 16.6. The van der Waals surface area contributed by atoms with Gasteiger partial charge >= 0.3 is 0 Å². The maximum absolute atomic E-state index is 12.0. The molecule has 4 nitrogen and oxygen atoms in total. The molecule has 2 atom stereocenters. The van der Waals surface area contributed by atoms with Crippen LogP contribution in [0.25, 0.3) is 0 Å². The molecule has 1 aliphatic rings. The van der Waals surface area contributed by atoms with Crippen LogP contribution >= 0.6 is 12.4 Å². The van der Waals surface area contributed by atoms with Crippen molar-refractivity contribution >= 4 is 29.7 Å². The Morgan fingerprint density at radius 1 is 1.45 bits per heavy atom. The van der Waals surface area contributed by atoms with E-state index in [9.17, 15) is 4.79 Å². The molecular weight excluding hydrogens is 276 g/mol. The topological polar surface area (TPSA) is 64.3 Å². The number of nitrogen functional groups attached to an aromatic ring is 1. The molecule has 2 unspecified atom stereocenters. The highest BCUT2D eigenvalue weighted by Gasteiger charge is 2.23. The number of carbonyl (C=O) groups excluding carboxylic acids is 1. The van der Waals surface area contributed by atoms with Crippen LogP contribution in [0.3, 0.4) is 0 Å². The van der Waals surface area contributed by atoms with Crippen molar-refractivity contribution in [3.63, 3.8) is 0 Å². The number of rotatable bonds is 4. The van der Waals surface area contributed by atoms with Gasteiger partial charge in [0, 0.05) is 12.1 Å². The molecule has 5 heteroatoms. The summed E-state index contributed by atoms with van der Waals surface area (Å²) in [6.07, 6.45) is 4.18. The van der Waals surface area contributed by atoms with Crippen LogP contribution in [-0.4, -0.2) is 13.0 Å². The molecule has 0 saturated heterocycles. The van der Waals surface area contributed by atoms with Gasteiger partial charge < -0.3 is 15.8 Å². The van der Waals surface area contributed by atoms with Crippen molar-refractivity contribution in [2.75, 3.05) is 18.2 Å². The van der Waals surface area contributed by atoms with Crippen LogP contribution < -0.4 is 15.8 Å². The second kappa shape index (κ2) is 7.39. The van der Waals surface area contributed by atoms with Gasteiger partial charge in [-0.2, -0.15) is 0 Å². The van der Waals surface area contributed by atoms with E-state index in [0.29, 0.717) is 23.8 Å². The fourth-order valence-electron chi connectivity index (χ4n) is 2.80. The smallest absolute Gasteiger partial charge is 0.224 e. The number of carbonyl (C=O) groups is 1. The molecule has 2 rings (SSSR count). The number of anilines is 2. The molecule has 1 fully saturated rings. The Balaban J connectivity index is 0.00000200. The number of nitrogens with one attached hydrogen (secondary N) is 1. The van der Waals surface area contributed by atoms with Crippen molar-refractivity contribution < 1.29 is 9.53 Å². The van der Waals surface area contributed by atoms with E-state index in [2.05, 4.69) is 12.2 Å². The Kier molecular flexibility index (Phi) is 6.14. The van der Waals surface area contributed by atoms with Crippen LogP contribution in [0.4, 0.5) is 11.4 Å². The minimum atomic E-state index is 0. The number of halogens is 1. The van der Waals surface area contributed by atoms with Gasteiger partial charge in [0.1, 0.15) is 5.75 Å². The zero-order chi connectivity index (χ0) is 13.8. The number of amides is 1. The van der Waals surface area contributed by atoms with Gasteiger partial charge in [-0.25, -0.2) is 0 Å². The van der Waals surface area contributed by atoms with E-state index >= 15 is 0 Å². The van der Waals surface area contributed by atoms with Crippen molar-refractivity contribution in [3.8, 4) is 5.75 Å². The summed E-state index contributed by atoms with van der Waals surface area (Å²) >= 11 is 0. The van der Waals surface area contributed by atoms with Crippen LogP contribution in [0, 0.1) is 11.8 Å². The Morgan fingerprint density at radius 3 is 2.75 bits per heavy atom. The predicted octanol–water partition coefficient (Wildman–Crippen LogP) is 3.46. The number of hydrogen-bond acceptors (Lipinski definition) is 3. The monoisotopic (exact) mass is 298 g/mol. The molecule has 1 aromatic rings. The highest BCUT2D eigenvalue weighted by Crippen LogP contribution is 2.33. The van der Waals surface area contributed by atoms with Crippen molar-refractivity contribution in [2.45, 2.75) is 32.6 Å². The second-order valence-corrected chi connectivity index (χ2v) is 5.49. The second-order valence-electron chi connectivity index (χ2n) is 5.49. The van der Waals surface area contributed by atoms with E-state index in [0.717, 1.165) is 18.0 Å². The third kappa shape index (κ3) is 4.30. The maximum atomic E-state index is 12.0. The summed E-state index contributed by atoms with van der Waals surface area (Å²) in [5, 5.41) is 2.90. The minimum Gasteiger partial charge on any atom is -0.495 e. The van der Waals surface area contributed by atoms with Crippen LogP contribution in [0.5, 0.6) is 5.75 Å². The highest BCUT2D eigenvalue weighted by molar-refractivity contribution is 5.91. The van der Waals surface area contributed by atoms with Gasteiger partial charge in [-0.3, -0.25) is 4.79 Å². The molecule has 0 bridgehead atoms. The van der Waals surface area contributed by atoms with E-state index in [4.69, 9.17) is 10.5 Å². The number of ether oxygens (including phenoxy) is 1. The summed E-state index contributed by atoms with van der Waals surface area (Å²) in [4.78, 5) is 12.0. The molecule has 1 amide bonds. The third-order valence-corrected chi connectivity index (χ3v) is 3.79. The summed E-state index contributed by atoms with van der Waals surface area (Å²) in [6, 6.07) is 5.31. The van der Waals surface area contributed by atoms with E-state index in [-0.39, 0.29) is 18.3 Å². The lowest BCUT2D eigenvalue weighted by Crippen LogP contribution is -2.15. The Morgan fingerprint density at radius 2 is 2.20 bits per heavy atom. The largest absolute Gasteiger partial charge is 0.495 e. The molecule has 1 saturated carbocycles. The van der Waals surface area contributed by atoms with Crippen LogP contribution in [0.2, 0.25) is 0 Å². The maximum Gasteiger partial charge on any atom is 0.224 e. The van der Waals surface area contributed by atoms with Crippen molar-refractivity contribution in [3.05, 3.63) is 18.2 Å². The van der Waals surface area contributed by atoms with Crippen molar-refractivity contribution in [1.29, 1.82) is 0 Å². The fraction of sp³-hybridized carbons (Fsp3) is 0.533. The first-order valence-corrected chi connectivity index (χ1v) is 6.82. The van der Waals surface area contributed by atoms with Gasteiger partial charge in [-0.05, 0) is 42.9 Å². The first-order chi connectivity index (χ1) is 9.08.